The number of aldehydes is 1. The van der Waals surface area contributed by atoms with Gasteiger partial charge in [-0.25, -0.2) is 0 Å². The zero-order valence-corrected chi connectivity index (χ0v) is 13.7. The van der Waals surface area contributed by atoms with Crippen LogP contribution in [-0.4, -0.2) is 32.1 Å². The lowest BCUT2D eigenvalue weighted by molar-refractivity contribution is -0.396. The lowest BCUT2D eigenvalue weighted by Crippen LogP contribution is -2.17. The van der Waals surface area contributed by atoms with E-state index in [0.29, 0.717) is 17.9 Å². The summed E-state index contributed by atoms with van der Waals surface area (Å²) in [6.07, 6.45) is 0.606. The maximum Gasteiger partial charge on any atom is 0.324 e. The summed E-state index contributed by atoms with van der Waals surface area (Å²) in [5.74, 6) is -1.50. The molecular formula is C15H10N2O8S. The smallest absolute Gasteiger partial charge is 0.324 e. The number of rotatable bonds is 7. The predicted molar refractivity (Wildman–Crippen MR) is 88.5 cm³/mol. The zero-order valence-electron chi connectivity index (χ0n) is 12.9. The summed E-state index contributed by atoms with van der Waals surface area (Å²) in [6, 6.07) is 8.15. The molecule has 0 fully saturated rings. The van der Waals surface area contributed by atoms with Gasteiger partial charge in [-0.3, -0.25) is 34.0 Å². The zero-order chi connectivity index (χ0) is 19.3. The third-order valence-electron chi connectivity index (χ3n) is 3.09. The van der Waals surface area contributed by atoms with E-state index in [1.54, 1.807) is 0 Å². The van der Waals surface area contributed by atoms with Gasteiger partial charge >= 0.3 is 5.97 Å². The Labute approximate surface area is 148 Å². The minimum Gasteiger partial charge on any atom is -0.426 e. The van der Waals surface area contributed by atoms with Crippen LogP contribution >= 0.6 is 0 Å². The van der Waals surface area contributed by atoms with E-state index in [1.807, 2.05) is 0 Å². The van der Waals surface area contributed by atoms with Crippen LogP contribution in [0.3, 0.4) is 0 Å². The first-order valence-corrected chi connectivity index (χ1v) is 8.21. The van der Waals surface area contributed by atoms with Crippen molar-refractivity contribution in [1.29, 1.82) is 0 Å². The Kier molecular flexibility index (Phi) is 5.86. The highest BCUT2D eigenvalue weighted by molar-refractivity contribution is 7.85. The molecule has 0 radical (unpaired) electrons. The number of non-ortho nitro benzene ring substituents is 1. The molecule has 0 heterocycles. The number of hydrogen-bond acceptors (Lipinski definition) is 8. The van der Waals surface area contributed by atoms with E-state index >= 15 is 0 Å². The van der Waals surface area contributed by atoms with Crippen LogP contribution in [-0.2, 0) is 15.6 Å². The number of nitrogens with zero attached hydrogens (tertiary/aromatic N) is 2. The fourth-order valence-electron chi connectivity index (χ4n) is 1.91. The van der Waals surface area contributed by atoms with Crippen LogP contribution in [0.4, 0.5) is 11.4 Å². The van der Waals surface area contributed by atoms with Crippen molar-refractivity contribution in [2.75, 3.05) is 5.75 Å². The number of hydrogen-bond donors (Lipinski definition) is 0. The van der Waals surface area contributed by atoms with Crippen LogP contribution in [0.2, 0.25) is 0 Å². The fourth-order valence-corrected chi connectivity index (χ4v) is 2.93. The lowest BCUT2D eigenvalue weighted by Gasteiger charge is -2.05. The van der Waals surface area contributed by atoms with E-state index in [2.05, 4.69) is 0 Å². The molecular weight excluding hydrogens is 368 g/mol. The highest BCUT2D eigenvalue weighted by atomic mass is 32.2. The second-order valence-electron chi connectivity index (χ2n) is 4.82. The largest absolute Gasteiger partial charge is 0.426 e. The molecule has 134 valence electrons. The summed E-state index contributed by atoms with van der Waals surface area (Å²) < 4.78 is 17.2. The first kappa shape index (κ1) is 18.9. The Morgan fingerprint density at radius 1 is 1.08 bits per heavy atom. The average molecular weight is 378 g/mol. The molecule has 11 heteroatoms. The monoisotopic (exact) mass is 378 g/mol. The molecule has 0 aliphatic rings. The average Bonchev–Trinajstić information content (AvgIpc) is 2.61. The molecule has 0 saturated carbocycles. The van der Waals surface area contributed by atoms with Gasteiger partial charge in [0.2, 0.25) is 0 Å². The number of ether oxygens (including phenoxy) is 1. The van der Waals surface area contributed by atoms with E-state index in [9.17, 15) is 34.0 Å². The van der Waals surface area contributed by atoms with E-state index in [1.165, 1.54) is 24.3 Å². The number of nitro groups is 2. The fraction of sp³-hybridized carbons (Fsp3) is 0.0667. The van der Waals surface area contributed by atoms with E-state index in [0.717, 1.165) is 12.1 Å². The molecule has 26 heavy (non-hydrogen) atoms. The third-order valence-corrected chi connectivity index (χ3v) is 4.43. The van der Waals surface area contributed by atoms with Crippen molar-refractivity contribution in [3.63, 3.8) is 0 Å². The third kappa shape index (κ3) is 4.54. The number of nitro benzene ring substituents is 2. The van der Waals surface area contributed by atoms with E-state index in [-0.39, 0.29) is 10.6 Å². The molecule has 2 aromatic carbocycles. The van der Waals surface area contributed by atoms with Crippen molar-refractivity contribution >= 4 is 34.4 Å². The molecule has 0 aliphatic carbocycles. The van der Waals surface area contributed by atoms with Crippen LogP contribution in [0.5, 0.6) is 5.75 Å². The van der Waals surface area contributed by atoms with Gasteiger partial charge in [-0.2, -0.15) is 0 Å². The normalized spacial score (nSPS) is 11.4. The summed E-state index contributed by atoms with van der Waals surface area (Å²) in [7, 11) is -2.14. The van der Waals surface area contributed by atoms with E-state index in [4.69, 9.17) is 4.74 Å². The summed E-state index contributed by atoms with van der Waals surface area (Å²) in [5, 5.41) is 21.7. The molecule has 2 aromatic rings. The Morgan fingerprint density at radius 2 is 1.73 bits per heavy atom. The lowest BCUT2D eigenvalue weighted by atomic mass is 10.2. The Balaban J connectivity index is 2.15. The van der Waals surface area contributed by atoms with E-state index < -0.39 is 43.7 Å². The molecule has 0 N–H and O–H groups in total. The van der Waals surface area contributed by atoms with Gasteiger partial charge in [0.1, 0.15) is 22.7 Å². The number of benzene rings is 2. The summed E-state index contributed by atoms with van der Waals surface area (Å²) >= 11 is 0. The van der Waals surface area contributed by atoms with Crippen LogP contribution < -0.4 is 4.74 Å². The Hall–Kier alpha value is -3.47. The SMILES string of the molecule is O=Cc1ccc(OC(=O)CS(=O)c2ccc([N+](=O)[O-])cc2[N+](=O)[O-])cc1. The molecule has 10 nitrogen and oxygen atoms in total. The van der Waals surface area contributed by atoms with Crippen molar-refractivity contribution in [2.24, 2.45) is 0 Å². The second kappa shape index (κ2) is 8.07. The first-order chi connectivity index (χ1) is 12.3. The molecule has 1 unspecified atom stereocenters. The number of esters is 1. The quantitative estimate of drug-likeness (QED) is 0.234. The maximum absolute atomic E-state index is 12.2. The number of carbonyl (C=O) groups excluding carboxylic acids is 2. The van der Waals surface area contributed by atoms with Crippen LogP contribution in [0.15, 0.2) is 47.4 Å². The molecule has 0 saturated heterocycles. The minimum absolute atomic E-state index is 0.107. The summed E-state index contributed by atoms with van der Waals surface area (Å²) in [5.41, 5.74) is -0.883. The van der Waals surface area contributed by atoms with Crippen LogP contribution in [0.1, 0.15) is 10.4 Å². The molecule has 0 amide bonds. The molecule has 0 bridgehead atoms. The molecule has 0 aliphatic heterocycles. The van der Waals surface area contributed by atoms with Crippen LogP contribution in [0, 0.1) is 20.2 Å². The van der Waals surface area contributed by atoms with Crippen molar-refractivity contribution in [3.05, 3.63) is 68.3 Å². The first-order valence-electron chi connectivity index (χ1n) is 6.89. The predicted octanol–water partition coefficient (Wildman–Crippen LogP) is 2.03. The van der Waals surface area contributed by atoms with Crippen molar-refractivity contribution in [2.45, 2.75) is 4.90 Å². The van der Waals surface area contributed by atoms with Gasteiger partial charge in [-0.1, -0.05) is 0 Å². The van der Waals surface area contributed by atoms with Gasteiger partial charge in [0.25, 0.3) is 11.4 Å². The van der Waals surface area contributed by atoms with Crippen molar-refractivity contribution < 1.29 is 28.4 Å². The minimum atomic E-state index is -2.14. The van der Waals surface area contributed by atoms with Crippen LogP contribution in [0.25, 0.3) is 0 Å². The summed E-state index contributed by atoms with van der Waals surface area (Å²) in [6.45, 7) is 0. The topological polar surface area (TPSA) is 147 Å². The van der Waals surface area contributed by atoms with Gasteiger partial charge in [0, 0.05) is 11.6 Å². The molecule has 2 rings (SSSR count). The van der Waals surface area contributed by atoms with Gasteiger partial charge in [-0.05, 0) is 30.3 Å². The Morgan fingerprint density at radius 3 is 2.27 bits per heavy atom. The van der Waals surface area contributed by atoms with Gasteiger partial charge in [0.15, 0.2) is 0 Å². The highest BCUT2D eigenvalue weighted by Gasteiger charge is 2.25. The highest BCUT2D eigenvalue weighted by Crippen LogP contribution is 2.27. The van der Waals surface area contributed by atoms with Gasteiger partial charge in [0.05, 0.1) is 26.7 Å². The molecule has 1 atom stereocenters. The van der Waals surface area contributed by atoms with Crippen molar-refractivity contribution in [3.8, 4) is 5.75 Å². The van der Waals surface area contributed by atoms with Gasteiger partial charge < -0.3 is 4.74 Å². The molecule has 0 spiro atoms. The summed E-state index contributed by atoms with van der Waals surface area (Å²) in [4.78, 5) is 42.1. The second-order valence-corrected chi connectivity index (χ2v) is 6.24. The molecule has 0 aromatic heterocycles. The van der Waals surface area contributed by atoms with Gasteiger partial charge in [-0.15, -0.1) is 0 Å². The standard InChI is InChI=1S/C15H10N2O8S/c18-8-10-1-4-12(5-2-10)25-15(19)9-26(24)14-6-3-11(16(20)21)7-13(14)17(22)23/h1-8H,9H2. The number of carbonyl (C=O) groups is 2. The maximum atomic E-state index is 12.2. The Bertz CT molecular complexity index is 910. The van der Waals surface area contributed by atoms with Crippen molar-refractivity contribution in [1.82, 2.24) is 0 Å².